The maximum Gasteiger partial charge on any atom is 0.129 e. The van der Waals surface area contributed by atoms with Crippen molar-refractivity contribution in [1.82, 2.24) is 0 Å². The molecule has 0 aromatic heterocycles. The molecule has 1 saturated carbocycles. The van der Waals surface area contributed by atoms with Crippen molar-refractivity contribution in [3.63, 3.8) is 0 Å². The van der Waals surface area contributed by atoms with Crippen LogP contribution in [0.1, 0.15) is 44.6 Å². The van der Waals surface area contributed by atoms with Crippen LogP contribution in [0.4, 0.5) is 8.78 Å². The van der Waals surface area contributed by atoms with E-state index in [-0.39, 0.29) is 17.4 Å². The Balaban J connectivity index is 2.35. The van der Waals surface area contributed by atoms with Crippen molar-refractivity contribution in [2.24, 2.45) is 11.1 Å². The Morgan fingerprint density at radius 2 is 1.94 bits per heavy atom. The second-order valence-corrected chi connectivity index (χ2v) is 5.00. The molecule has 1 aromatic carbocycles. The van der Waals surface area contributed by atoms with E-state index in [2.05, 4.69) is 13.8 Å². The summed E-state index contributed by atoms with van der Waals surface area (Å²) >= 11 is 0. The molecule has 0 bridgehead atoms. The van der Waals surface area contributed by atoms with Crippen LogP contribution in [0.15, 0.2) is 18.2 Å². The number of rotatable bonds is 3. The second kappa shape index (κ2) is 4.37. The Labute approximate surface area is 101 Å². The Bertz CT molecular complexity index is 413. The Kier molecular flexibility index (Phi) is 3.21. The average Bonchev–Trinajstić information content (AvgIpc) is 2.29. The smallest absolute Gasteiger partial charge is 0.129 e. The number of benzene rings is 1. The van der Waals surface area contributed by atoms with Crippen molar-refractivity contribution in [1.29, 1.82) is 0 Å². The van der Waals surface area contributed by atoms with Gasteiger partial charge in [0, 0.05) is 12.1 Å². The van der Waals surface area contributed by atoms with Gasteiger partial charge in [-0.05, 0) is 42.2 Å². The molecule has 94 valence electrons. The first kappa shape index (κ1) is 12.5. The van der Waals surface area contributed by atoms with Crippen LogP contribution in [0.5, 0.6) is 0 Å². The fourth-order valence-corrected chi connectivity index (χ4v) is 3.31. The highest BCUT2D eigenvalue weighted by Gasteiger charge is 2.51. The quantitative estimate of drug-likeness (QED) is 0.857. The topological polar surface area (TPSA) is 26.0 Å². The van der Waals surface area contributed by atoms with Crippen LogP contribution < -0.4 is 5.73 Å². The Hall–Kier alpha value is -0.960. The number of nitrogens with two attached hydrogens (primary N) is 1. The first-order valence-corrected chi connectivity index (χ1v) is 6.25. The third-order valence-electron chi connectivity index (χ3n) is 4.58. The van der Waals surface area contributed by atoms with E-state index in [0.717, 1.165) is 25.3 Å². The van der Waals surface area contributed by atoms with Gasteiger partial charge in [0.25, 0.3) is 0 Å². The number of halogens is 2. The molecule has 2 N–H and O–H groups in total. The van der Waals surface area contributed by atoms with Crippen LogP contribution in [-0.2, 0) is 0 Å². The van der Waals surface area contributed by atoms with Gasteiger partial charge in [-0.1, -0.05) is 19.9 Å². The Morgan fingerprint density at radius 1 is 1.29 bits per heavy atom. The highest BCUT2D eigenvalue weighted by molar-refractivity contribution is 5.30. The molecule has 17 heavy (non-hydrogen) atoms. The van der Waals surface area contributed by atoms with Gasteiger partial charge in [0.05, 0.1) is 0 Å². The summed E-state index contributed by atoms with van der Waals surface area (Å²) in [5, 5.41) is 0. The molecule has 2 unspecified atom stereocenters. The molecule has 1 aliphatic carbocycles. The third kappa shape index (κ3) is 1.77. The molecule has 3 heteroatoms. The standard InChI is InChI=1S/C14H19F2N/c1-3-14(4-2)11(8-13(14)17)10-6-5-9(15)7-12(10)16/h5-7,11,13H,3-4,8,17H2,1-2H3. The van der Waals surface area contributed by atoms with Crippen LogP contribution >= 0.6 is 0 Å². The summed E-state index contributed by atoms with van der Waals surface area (Å²) in [5.41, 5.74) is 6.70. The van der Waals surface area contributed by atoms with E-state index in [1.54, 1.807) is 6.07 Å². The molecule has 2 atom stereocenters. The maximum atomic E-state index is 13.8. The van der Waals surface area contributed by atoms with Crippen molar-refractivity contribution in [2.45, 2.75) is 45.1 Å². The lowest BCUT2D eigenvalue weighted by Crippen LogP contribution is -2.56. The van der Waals surface area contributed by atoms with E-state index in [1.165, 1.54) is 6.07 Å². The zero-order chi connectivity index (χ0) is 12.6. The van der Waals surface area contributed by atoms with E-state index in [9.17, 15) is 8.78 Å². The number of hydrogen-bond acceptors (Lipinski definition) is 1. The predicted octanol–water partition coefficient (Wildman–Crippen LogP) is 3.59. The summed E-state index contributed by atoms with van der Waals surface area (Å²) in [6.07, 6.45) is 2.67. The molecule has 0 aliphatic heterocycles. The van der Waals surface area contributed by atoms with Gasteiger partial charge in [-0.25, -0.2) is 8.78 Å². The lowest BCUT2D eigenvalue weighted by atomic mass is 9.52. The molecule has 0 amide bonds. The molecule has 0 radical (unpaired) electrons. The summed E-state index contributed by atoms with van der Waals surface area (Å²) in [6, 6.07) is 4.00. The highest BCUT2D eigenvalue weighted by atomic mass is 19.1. The van der Waals surface area contributed by atoms with Gasteiger partial charge in [0.2, 0.25) is 0 Å². The van der Waals surface area contributed by atoms with E-state index >= 15 is 0 Å². The maximum absolute atomic E-state index is 13.8. The zero-order valence-electron chi connectivity index (χ0n) is 10.3. The van der Waals surface area contributed by atoms with Crippen LogP contribution in [0, 0.1) is 17.0 Å². The Morgan fingerprint density at radius 3 is 2.41 bits per heavy atom. The molecule has 2 rings (SSSR count). The minimum Gasteiger partial charge on any atom is -0.327 e. The normalized spacial score (nSPS) is 26.6. The van der Waals surface area contributed by atoms with Gasteiger partial charge in [-0.15, -0.1) is 0 Å². The molecular formula is C14H19F2N. The predicted molar refractivity (Wildman–Crippen MR) is 64.7 cm³/mol. The average molecular weight is 239 g/mol. The van der Waals surface area contributed by atoms with Crippen molar-refractivity contribution in [3.05, 3.63) is 35.4 Å². The largest absolute Gasteiger partial charge is 0.327 e. The molecule has 1 aliphatic rings. The third-order valence-corrected chi connectivity index (χ3v) is 4.58. The first-order chi connectivity index (χ1) is 8.05. The fourth-order valence-electron chi connectivity index (χ4n) is 3.31. The molecule has 0 heterocycles. The minimum absolute atomic E-state index is 0.0152. The zero-order valence-corrected chi connectivity index (χ0v) is 10.3. The molecule has 1 aromatic rings. The lowest BCUT2D eigenvalue weighted by Gasteiger charge is -2.55. The van der Waals surface area contributed by atoms with Crippen LogP contribution in [0.3, 0.4) is 0 Å². The van der Waals surface area contributed by atoms with Gasteiger partial charge in [-0.2, -0.15) is 0 Å². The molecule has 0 spiro atoms. The van der Waals surface area contributed by atoms with Crippen molar-refractivity contribution in [3.8, 4) is 0 Å². The van der Waals surface area contributed by atoms with Crippen LogP contribution in [0.25, 0.3) is 0 Å². The summed E-state index contributed by atoms with van der Waals surface area (Å²) in [7, 11) is 0. The van der Waals surface area contributed by atoms with Gasteiger partial charge in [0.15, 0.2) is 0 Å². The van der Waals surface area contributed by atoms with Gasteiger partial charge in [0.1, 0.15) is 11.6 Å². The SMILES string of the molecule is CCC1(CC)C(N)CC1c1ccc(F)cc1F. The minimum atomic E-state index is -0.520. The van der Waals surface area contributed by atoms with Crippen molar-refractivity contribution < 1.29 is 8.78 Å². The van der Waals surface area contributed by atoms with Crippen LogP contribution in [-0.4, -0.2) is 6.04 Å². The lowest BCUT2D eigenvalue weighted by molar-refractivity contribution is 0.0417. The van der Waals surface area contributed by atoms with Crippen molar-refractivity contribution >= 4 is 0 Å². The number of hydrogen-bond donors (Lipinski definition) is 1. The fraction of sp³-hybridized carbons (Fsp3) is 0.571. The molecule has 1 fully saturated rings. The summed E-state index contributed by atoms with van der Waals surface area (Å²) in [6.45, 7) is 4.19. The van der Waals surface area contributed by atoms with E-state index in [0.29, 0.717) is 5.56 Å². The second-order valence-electron chi connectivity index (χ2n) is 5.00. The first-order valence-electron chi connectivity index (χ1n) is 6.25. The molecular weight excluding hydrogens is 220 g/mol. The summed E-state index contributed by atoms with van der Waals surface area (Å²) < 4.78 is 26.7. The summed E-state index contributed by atoms with van der Waals surface area (Å²) in [4.78, 5) is 0. The highest BCUT2D eigenvalue weighted by Crippen LogP contribution is 2.56. The van der Waals surface area contributed by atoms with Gasteiger partial charge in [-0.3, -0.25) is 0 Å². The summed E-state index contributed by atoms with van der Waals surface area (Å²) in [5.74, 6) is -0.824. The van der Waals surface area contributed by atoms with Gasteiger partial charge < -0.3 is 5.73 Å². The van der Waals surface area contributed by atoms with Crippen molar-refractivity contribution in [2.75, 3.05) is 0 Å². The van der Waals surface area contributed by atoms with E-state index < -0.39 is 11.6 Å². The van der Waals surface area contributed by atoms with Gasteiger partial charge >= 0.3 is 0 Å². The van der Waals surface area contributed by atoms with Crippen LogP contribution in [0.2, 0.25) is 0 Å². The monoisotopic (exact) mass is 239 g/mol. The van der Waals surface area contributed by atoms with E-state index in [4.69, 9.17) is 5.73 Å². The molecule has 1 nitrogen and oxygen atoms in total. The molecule has 0 saturated heterocycles. The van der Waals surface area contributed by atoms with E-state index in [1.807, 2.05) is 0 Å².